The van der Waals surface area contributed by atoms with Crippen LogP contribution in [0.25, 0.3) is 5.78 Å². The number of alkyl halides is 1. The normalized spacial score (nSPS) is 10.4. The molecule has 0 saturated carbocycles. The molecule has 0 fully saturated rings. The second kappa shape index (κ2) is 2.72. The molecule has 0 aliphatic rings. The van der Waals surface area contributed by atoms with Crippen molar-refractivity contribution in [2.24, 2.45) is 0 Å². The van der Waals surface area contributed by atoms with Crippen LogP contribution in [0.1, 0.15) is 0 Å². The maximum absolute atomic E-state index is 11.9. The molecule has 2 heterocycles. The van der Waals surface area contributed by atoms with E-state index in [1.165, 1.54) is 10.8 Å². The van der Waals surface area contributed by atoms with Gasteiger partial charge < -0.3 is 5.32 Å². The highest BCUT2D eigenvalue weighted by Crippen LogP contribution is 2.05. The summed E-state index contributed by atoms with van der Waals surface area (Å²) in [7, 11) is 0. The lowest BCUT2D eigenvalue weighted by atomic mass is 10.6. The third-order valence-corrected chi connectivity index (χ3v) is 1.43. The summed E-state index contributed by atoms with van der Waals surface area (Å²) in [5.74, 6) is 0.994. The molecule has 2 aromatic rings. The maximum Gasteiger partial charge on any atom is 0.254 e. The third-order valence-electron chi connectivity index (χ3n) is 1.43. The Morgan fingerprint density at radius 2 is 2.42 bits per heavy atom. The number of nitrogens with one attached hydrogen (secondary N) is 1. The zero-order valence-electron chi connectivity index (χ0n) is 6.11. The minimum atomic E-state index is -0.640. The lowest BCUT2D eigenvalue weighted by Crippen LogP contribution is -2.03. The maximum atomic E-state index is 11.9. The van der Waals surface area contributed by atoms with E-state index in [0.717, 1.165) is 0 Å². The number of anilines is 1. The van der Waals surface area contributed by atoms with E-state index in [0.29, 0.717) is 11.6 Å². The van der Waals surface area contributed by atoms with Crippen LogP contribution in [0.2, 0.25) is 0 Å². The van der Waals surface area contributed by atoms with E-state index in [9.17, 15) is 4.39 Å². The average molecular weight is 167 g/mol. The van der Waals surface area contributed by atoms with Gasteiger partial charge in [-0.15, -0.1) is 0 Å². The molecule has 0 bridgehead atoms. The first-order chi connectivity index (χ1) is 5.92. The van der Waals surface area contributed by atoms with Crippen LogP contribution in [0.3, 0.4) is 0 Å². The molecule has 5 nitrogen and oxygen atoms in total. The van der Waals surface area contributed by atoms with Gasteiger partial charge in [0.05, 0.1) is 0 Å². The first kappa shape index (κ1) is 6.96. The van der Waals surface area contributed by atoms with Gasteiger partial charge in [-0.2, -0.15) is 14.6 Å². The summed E-state index contributed by atoms with van der Waals surface area (Å²) >= 11 is 0. The Kier molecular flexibility index (Phi) is 1.58. The highest BCUT2D eigenvalue weighted by molar-refractivity contribution is 5.41. The molecule has 6 heteroatoms. The highest BCUT2D eigenvalue weighted by atomic mass is 19.1. The smallest absolute Gasteiger partial charge is 0.254 e. The molecule has 0 aromatic carbocycles. The predicted octanol–water partition coefficient (Wildman–Crippen LogP) is 0.463. The van der Waals surface area contributed by atoms with E-state index in [1.54, 1.807) is 12.3 Å². The number of fused-ring (bicyclic) bond motifs is 1. The van der Waals surface area contributed by atoms with Gasteiger partial charge in [-0.05, 0) is 6.07 Å². The van der Waals surface area contributed by atoms with E-state index in [1.807, 2.05) is 0 Å². The predicted molar refractivity (Wildman–Crippen MR) is 40.4 cm³/mol. The molecule has 0 aliphatic carbocycles. The van der Waals surface area contributed by atoms with Gasteiger partial charge in [0, 0.05) is 6.20 Å². The number of hydrogen-bond acceptors (Lipinski definition) is 4. The summed E-state index contributed by atoms with van der Waals surface area (Å²) in [5.41, 5.74) is 0. The summed E-state index contributed by atoms with van der Waals surface area (Å²) in [4.78, 5) is 7.75. The molecule has 0 unspecified atom stereocenters. The molecule has 0 amide bonds. The van der Waals surface area contributed by atoms with Crippen molar-refractivity contribution in [1.82, 2.24) is 19.6 Å². The number of hydrogen-bond donors (Lipinski definition) is 1. The molecule has 0 radical (unpaired) electrons. The SMILES string of the molecule is FCNc1ccnc2ncnn12. The Balaban J connectivity index is 2.57. The molecule has 62 valence electrons. The molecular formula is C6H6FN5. The second-order valence-electron chi connectivity index (χ2n) is 2.11. The Hall–Kier alpha value is -1.72. The fourth-order valence-corrected chi connectivity index (χ4v) is 0.941. The summed E-state index contributed by atoms with van der Waals surface area (Å²) < 4.78 is 13.4. The Morgan fingerprint density at radius 3 is 3.25 bits per heavy atom. The van der Waals surface area contributed by atoms with Crippen molar-refractivity contribution in [2.45, 2.75) is 0 Å². The van der Waals surface area contributed by atoms with Crippen molar-refractivity contribution in [3.05, 3.63) is 18.6 Å². The van der Waals surface area contributed by atoms with E-state index in [4.69, 9.17) is 0 Å². The molecule has 0 atom stereocenters. The number of nitrogens with zero attached hydrogens (tertiary/aromatic N) is 4. The van der Waals surface area contributed by atoms with Gasteiger partial charge in [-0.3, -0.25) is 0 Å². The topological polar surface area (TPSA) is 55.1 Å². The van der Waals surface area contributed by atoms with E-state index in [2.05, 4.69) is 20.4 Å². The second-order valence-corrected chi connectivity index (χ2v) is 2.11. The van der Waals surface area contributed by atoms with Gasteiger partial charge in [0.25, 0.3) is 5.78 Å². The van der Waals surface area contributed by atoms with Gasteiger partial charge in [-0.1, -0.05) is 0 Å². The van der Waals surface area contributed by atoms with Crippen molar-refractivity contribution in [3.63, 3.8) is 0 Å². The number of aromatic nitrogens is 4. The molecular weight excluding hydrogens is 161 g/mol. The van der Waals surface area contributed by atoms with Crippen molar-refractivity contribution in [2.75, 3.05) is 12.1 Å². The molecule has 0 aliphatic heterocycles. The van der Waals surface area contributed by atoms with Crippen molar-refractivity contribution in [3.8, 4) is 0 Å². The zero-order chi connectivity index (χ0) is 8.39. The van der Waals surface area contributed by atoms with Crippen LogP contribution in [-0.4, -0.2) is 26.4 Å². The number of halogens is 1. The van der Waals surface area contributed by atoms with Gasteiger partial charge in [0.2, 0.25) is 0 Å². The number of rotatable bonds is 2. The Labute approximate surface area is 67.3 Å². The average Bonchev–Trinajstić information content (AvgIpc) is 2.53. The minimum absolute atomic E-state index is 0.452. The quantitative estimate of drug-likeness (QED) is 0.660. The molecule has 2 aromatic heterocycles. The lowest BCUT2D eigenvalue weighted by molar-refractivity contribution is 0.533. The molecule has 0 saturated heterocycles. The van der Waals surface area contributed by atoms with Crippen molar-refractivity contribution < 1.29 is 4.39 Å². The van der Waals surface area contributed by atoms with Gasteiger partial charge >= 0.3 is 0 Å². The van der Waals surface area contributed by atoms with Crippen molar-refractivity contribution in [1.29, 1.82) is 0 Å². The highest BCUT2D eigenvalue weighted by Gasteiger charge is 2.00. The van der Waals surface area contributed by atoms with Crippen LogP contribution >= 0.6 is 0 Å². The standard InChI is InChI=1S/C6H6FN5/c7-3-9-5-1-2-8-6-10-4-11-12(5)6/h1-2,4,9H,3H2. The molecule has 12 heavy (non-hydrogen) atoms. The fourth-order valence-electron chi connectivity index (χ4n) is 0.941. The van der Waals surface area contributed by atoms with Crippen LogP contribution < -0.4 is 5.32 Å². The van der Waals surface area contributed by atoms with Gasteiger partial charge in [0.1, 0.15) is 12.1 Å². The zero-order valence-corrected chi connectivity index (χ0v) is 6.11. The van der Waals surface area contributed by atoms with E-state index in [-0.39, 0.29) is 0 Å². The monoisotopic (exact) mass is 167 g/mol. The molecule has 2 rings (SSSR count). The van der Waals surface area contributed by atoms with Gasteiger partial charge in [-0.25, -0.2) is 9.37 Å². The fraction of sp³-hybridized carbons (Fsp3) is 0.167. The van der Waals surface area contributed by atoms with Crippen molar-refractivity contribution >= 4 is 11.6 Å². The van der Waals surface area contributed by atoms with E-state index >= 15 is 0 Å². The summed E-state index contributed by atoms with van der Waals surface area (Å²) in [6.07, 6.45) is 2.91. The first-order valence-corrected chi connectivity index (χ1v) is 3.36. The molecule has 1 N–H and O–H groups in total. The van der Waals surface area contributed by atoms with Crippen LogP contribution in [-0.2, 0) is 0 Å². The summed E-state index contributed by atoms with van der Waals surface area (Å²) in [5, 5.41) is 6.34. The first-order valence-electron chi connectivity index (χ1n) is 3.36. The largest absolute Gasteiger partial charge is 0.343 e. The Bertz CT molecular complexity index is 384. The summed E-state index contributed by atoms with van der Waals surface area (Å²) in [6.45, 7) is -0.640. The van der Waals surface area contributed by atoms with E-state index < -0.39 is 6.80 Å². The minimum Gasteiger partial charge on any atom is -0.343 e. The van der Waals surface area contributed by atoms with Crippen LogP contribution in [0.5, 0.6) is 0 Å². The van der Waals surface area contributed by atoms with Crippen LogP contribution in [0.15, 0.2) is 18.6 Å². The van der Waals surface area contributed by atoms with Crippen LogP contribution in [0.4, 0.5) is 10.2 Å². The summed E-state index contributed by atoms with van der Waals surface area (Å²) in [6, 6.07) is 1.63. The molecule has 0 spiro atoms. The van der Waals surface area contributed by atoms with Gasteiger partial charge in [0.15, 0.2) is 6.80 Å². The third kappa shape index (κ3) is 0.969. The van der Waals surface area contributed by atoms with Crippen LogP contribution in [0, 0.1) is 0 Å². The lowest BCUT2D eigenvalue weighted by Gasteiger charge is -2.01. The Morgan fingerprint density at radius 1 is 1.50 bits per heavy atom.